The van der Waals surface area contributed by atoms with Crippen LogP contribution in [0.1, 0.15) is 10.4 Å². The maximum atomic E-state index is 12.1. The van der Waals surface area contributed by atoms with Crippen molar-refractivity contribution in [2.45, 2.75) is 6.54 Å². The fourth-order valence-corrected chi connectivity index (χ4v) is 2.64. The molecule has 0 unspecified atom stereocenters. The molecule has 122 valence electrons. The van der Waals surface area contributed by atoms with Gasteiger partial charge in [-0.05, 0) is 18.2 Å². The zero-order chi connectivity index (χ0) is 17.1. The summed E-state index contributed by atoms with van der Waals surface area (Å²) in [5, 5.41) is 13.5. The van der Waals surface area contributed by atoms with E-state index >= 15 is 0 Å². The summed E-state index contributed by atoms with van der Waals surface area (Å²) in [4.78, 5) is 26.6. The Morgan fingerprint density at radius 3 is 2.83 bits per heavy atom. The van der Waals surface area contributed by atoms with Gasteiger partial charge in [-0.1, -0.05) is 23.7 Å². The third kappa shape index (κ3) is 3.21. The summed E-state index contributed by atoms with van der Waals surface area (Å²) in [5.41, 5.74) is 1.93. The lowest BCUT2D eigenvalue weighted by molar-refractivity contribution is -0.384. The molecule has 0 radical (unpaired) electrons. The van der Waals surface area contributed by atoms with E-state index in [4.69, 9.17) is 11.6 Å². The molecule has 0 fully saturated rings. The Bertz CT molecular complexity index is 923. The fourth-order valence-electron chi connectivity index (χ4n) is 2.38. The summed E-state index contributed by atoms with van der Waals surface area (Å²) < 4.78 is 1.94. The van der Waals surface area contributed by atoms with Crippen LogP contribution in [0.5, 0.6) is 0 Å². The molecular formula is C16H13ClN4O3. The van der Waals surface area contributed by atoms with Gasteiger partial charge in [-0.15, -0.1) is 0 Å². The summed E-state index contributed by atoms with van der Waals surface area (Å²) in [6.07, 6.45) is 1.72. The van der Waals surface area contributed by atoms with Gasteiger partial charge in [0.05, 0.1) is 32.9 Å². The fraction of sp³-hybridized carbons (Fsp3) is 0.125. The second-order valence-electron chi connectivity index (χ2n) is 5.10. The first-order valence-electron chi connectivity index (χ1n) is 7.18. The Morgan fingerprint density at radius 1 is 1.29 bits per heavy atom. The Balaban J connectivity index is 1.64. The summed E-state index contributed by atoms with van der Waals surface area (Å²) in [6.45, 7) is 0.934. The number of carbonyl (C=O) groups excluding carboxylic acids is 1. The molecule has 0 atom stereocenters. The number of halogens is 1. The highest BCUT2D eigenvalue weighted by molar-refractivity contribution is 6.34. The Labute approximate surface area is 142 Å². The minimum absolute atomic E-state index is 0.0507. The largest absolute Gasteiger partial charge is 0.350 e. The number of para-hydroxylation sites is 2. The number of rotatable bonds is 5. The highest BCUT2D eigenvalue weighted by Gasteiger charge is 2.14. The maximum absolute atomic E-state index is 12.1. The van der Waals surface area contributed by atoms with Crippen molar-refractivity contribution in [1.29, 1.82) is 0 Å². The van der Waals surface area contributed by atoms with Crippen LogP contribution in [0, 0.1) is 10.1 Å². The van der Waals surface area contributed by atoms with Crippen molar-refractivity contribution in [1.82, 2.24) is 14.9 Å². The number of hydrogen-bond donors (Lipinski definition) is 1. The van der Waals surface area contributed by atoms with Gasteiger partial charge < -0.3 is 9.88 Å². The lowest BCUT2D eigenvalue weighted by Crippen LogP contribution is -2.27. The van der Waals surface area contributed by atoms with E-state index in [9.17, 15) is 14.9 Å². The summed E-state index contributed by atoms with van der Waals surface area (Å²) in [7, 11) is 0. The lowest BCUT2D eigenvalue weighted by Gasteiger charge is -2.08. The van der Waals surface area contributed by atoms with Gasteiger partial charge >= 0.3 is 0 Å². The molecule has 1 heterocycles. The van der Waals surface area contributed by atoms with Crippen molar-refractivity contribution in [3.63, 3.8) is 0 Å². The molecule has 0 aliphatic heterocycles. The zero-order valence-corrected chi connectivity index (χ0v) is 13.2. The molecule has 0 spiro atoms. The van der Waals surface area contributed by atoms with Crippen molar-refractivity contribution in [2.75, 3.05) is 6.54 Å². The van der Waals surface area contributed by atoms with Gasteiger partial charge in [0.25, 0.3) is 11.6 Å². The molecule has 0 aliphatic rings. The van der Waals surface area contributed by atoms with Crippen molar-refractivity contribution in [3.05, 3.63) is 69.5 Å². The number of nitro benzene ring substituents is 1. The third-order valence-electron chi connectivity index (χ3n) is 3.57. The third-order valence-corrected chi connectivity index (χ3v) is 3.89. The number of non-ortho nitro benzene ring substituents is 1. The summed E-state index contributed by atoms with van der Waals surface area (Å²) >= 11 is 5.94. The number of amides is 1. The van der Waals surface area contributed by atoms with Crippen LogP contribution < -0.4 is 5.32 Å². The van der Waals surface area contributed by atoms with Gasteiger partial charge in [0.1, 0.15) is 0 Å². The number of hydrogen-bond acceptors (Lipinski definition) is 4. The number of carbonyl (C=O) groups is 1. The minimum atomic E-state index is -0.558. The molecule has 3 aromatic rings. The van der Waals surface area contributed by atoms with Gasteiger partial charge in [0, 0.05) is 25.2 Å². The first-order valence-corrected chi connectivity index (χ1v) is 7.56. The number of nitrogens with one attached hydrogen (secondary N) is 1. The number of nitro groups is 1. The van der Waals surface area contributed by atoms with Gasteiger partial charge in [-0.25, -0.2) is 4.98 Å². The van der Waals surface area contributed by atoms with Crippen molar-refractivity contribution < 1.29 is 9.72 Å². The molecule has 8 heteroatoms. The van der Waals surface area contributed by atoms with E-state index in [1.165, 1.54) is 18.2 Å². The number of nitrogens with zero attached hydrogens (tertiary/aromatic N) is 3. The molecule has 3 rings (SSSR count). The molecule has 0 aliphatic carbocycles. The molecular weight excluding hydrogens is 332 g/mol. The van der Waals surface area contributed by atoms with Crippen molar-refractivity contribution >= 4 is 34.2 Å². The number of benzene rings is 2. The molecule has 7 nitrogen and oxygen atoms in total. The number of imidazole rings is 1. The molecule has 2 aromatic carbocycles. The first-order chi connectivity index (χ1) is 11.6. The monoisotopic (exact) mass is 344 g/mol. The SMILES string of the molecule is O=C(NCCn1cnc2ccccc21)c1ccc([N+](=O)[O-])cc1Cl. The standard InChI is InChI=1S/C16H13ClN4O3/c17-13-9-11(21(23)24)5-6-12(13)16(22)18-7-8-20-10-19-14-3-1-2-4-15(14)20/h1-6,9-10H,7-8H2,(H,18,22). The van der Waals surface area contributed by atoms with Gasteiger partial charge in [-0.3, -0.25) is 14.9 Å². The molecule has 1 amide bonds. The Hall–Kier alpha value is -2.93. The average Bonchev–Trinajstić information content (AvgIpc) is 2.98. The van der Waals surface area contributed by atoms with Crippen LogP contribution in [0.15, 0.2) is 48.8 Å². The van der Waals surface area contributed by atoms with Crippen LogP contribution in [0.3, 0.4) is 0 Å². The number of aromatic nitrogens is 2. The van der Waals surface area contributed by atoms with Gasteiger partial charge in [0.2, 0.25) is 0 Å². The molecule has 24 heavy (non-hydrogen) atoms. The predicted molar refractivity (Wildman–Crippen MR) is 90.2 cm³/mol. The Morgan fingerprint density at radius 2 is 2.08 bits per heavy atom. The molecule has 1 aromatic heterocycles. The quantitative estimate of drug-likeness (QED) is 0.569. The van der Waals surface area contributed by atoms with Crippen molar-refractivity contribution in [2.24, 2.45) is 0 Å². The molecule has 0 saturated heterocycles. The first kappa shape index (κ1) is 15.9. The molecule has 0 bridgehead atoms. The van der Waals surface area contributed by atoms with Crippen LogP contribution in [-0.2, 0) is 6.54 Å². The lowest BCUT2D eigenvalue weighted by atomic mass is 10.2. The molecule has 1 N–H and O–H groups in total. The van der Waals surface area contributed by atoms with E-state index in [0.29, 0.717) is 13.1 Å². The molecule has 0 saturated carbocycles. The number of fused-ring (bicyclic) bond motifs is 1. The Kier molecular flexibility index (Phi) is 4.43. The average molecular weight is 345 g/mol. The van der Waals surface area contributed by atoms with Crippen LogP contribution in [0.25, 0.3) is 11.0 Å². The second-order valence-corrected chi connectivity index (χ2v) is 5.51. The van der Waals surface area contributed by atoms with Gasteiger partial charge in [-0.2, -0.15) is 0 Å². The zero-order valence-electron chi connectivity index (χ0n) is 12.5. The van der Waals surface area contributed by atoms with E-state index in [-0.39, 0.29) is 22.2 Å². The van der Waals surface area contributed by atoms with Crippen LogP contribution in [0.2, 0.25) is 5.02 Å². The normalized spacial score (nSPS) is 10.7. The highest BCUT2D eigenvalue weighted by atomic mass is 35.5. The second kappa shape index (κ2) is 6.67. The van der Waals surface area contributed by atoms with E-state index < -0.39 is 4.92 Å². The van der Waals surface area contributed by atoms with Crippen LogP contribution in [0.4, 0.5) is 5.69 Å². The van der Waals surface area contributed by atoms with E-state index in [1.54, 1.807) is 6.33 Å². The van der Waals surface area contributed by atoms with Crippen LogP contribution in [-0.4, -0.2) is 26.9 Å². The van der Waals surface area contributed by atoms with E-state index in [0.717, 1.165) is 11.0 Å². The highest BCUT2D eigenvalue weighted by Crippen LogP contribution is 2.22. The summed E-state index contributed by atoms with van der Waals surface area (Å²) in [6, 6.07) is 11.5. The maximum Gasteiger partial charge on any atom is 0.270 e. The van der Waals surface area contributed by atoms with E-state index in [2.05, 4.69) is 10.3 Å². The minimum Gasteiger partial charge on any atom is -0.350 e. The predicted octanol–water partition coefficient (Wildman–Crippen LogP) is 3.03. The van der Waals surface area contributed by atoms with Crippen molar-refractivity contribution in [3.8, 4) is 0 Å². The van der Waals surface area contributed by atoms with E-state index in [1.807, 2.05) is 28.8 Å². The topological polar surface area (TPSA) is 90.1 Å². The smallest absolute Gasteiger partial charge is 0.270 e. The van der Waals surface area contributed by atoms with Crippen LogP contribution >= 0.6 is 11.6 Å². The van der Waals surface area contributed by atoms with Gasteiger partial charge in [0.15, 0.2) is 0 Å². The summed E-state index contributed by atoms with van der Waals surface area (Å²) in [5.74, 6) is -0.376.